The predicted molar refractivity (Wildman–Crippen MR) is 55.9 cm³/mol. The molecule has 0 saturated heterocycles. The SMILES string of the molecule is CNCC(=O)NC(CCO)CSC. The Bertz CT molecular complexity index is 138. The molecule has 13 heavy (non-hydrogen) atoms. The van der Waals surface area contributed by atoms with E-state index in [-0.39, 0.29) is 18.6 Å². The highest BCUT2D eigenvalue weighted by Crippen LogP contribution is 2.00. The Labute approximate surface area is 83.5 Å². The van der Waals surface area contributed by atoms with Crippen molar-refractivity contribution >= 4 is 17.7 Å². The number of carbonyl (C=O) groups excluding carboxylic acids is 1. The summed E-state index contributed by atoms with van der Waals surface area (Å²) in [7, 11) is 1.73. The Morgan fingerprint density at radius 2 is 2.31 bits per heavy atom. The minimum absolute atomic E-state index is 0.0185. The first-order valence-electron chi connectivity index (χ1n) is 4.28. The molecule has 0 aliphatic heterocycles. The van der Waals surface area contributed by atoms with Gasteiger partial charge in [0.25, 0.3) is 0 Å². The molecule has 1 atom stereocenters. The third-order valence-electron chi connectivity index (χ3n) is 1.55. The van der Waals surface area contributed by atoms with Crippen LogP contribution in [0.3, 0.4) is 0 Å². The van der Waals surface area contributed by atoms with Crippen LogP contribution < -0.4 is 10.6 Å². The van der Waals surface area contributed by atoms with Crippen LogP contribution in [0.2, 0.25) is 0 Å². The maximum absolute atomic E-state index is 11.1. The summed E-state index contributed by atoms with van der Waals surface area (Å²) in [6, 6.07) is 0.0841. The van der Waals surface area contributed by atoms with Gasteiger partial charge in [0.1, 0.15) is 0 Å². The van der Waals surface area contributed by atoms with E-state index in [1.807, 2.05) is 6.26 Å². The van der Waals surface area contributed by atoms with Crippen molar-refractivity contribution in [1.29, 1.82) is 0 Å². The van der Waals surface area contributed by atoms with Crippen molar-refractivity contribution in [2.45, 2.75) is 12.5 Å². The standard InChI is InChI=1S/C8H18N2O2S/c1-9-5-8(12)10-7(3-4-11)6-13-2/h7,9,11H,3-6H2,1-2H3,(H,10,12). The molecular weight excluding hydrogens is 188 g/mol. The summed E-state index contributed by atoms with van der Waals surface area (Å²) in [5.74, 6) is 0.825. The molecule has 0 heterocycles. The van der Waals surface area contributed by atoms with Gasteiger partial charge >= 0.3 is 0 Å². The van der Waals surface area contributed by atoms with E-state index < -0.39 is 0 Å². The topological polar surface area (TPSA) is 61.4 Å². The van der Waals surface area contributed by atoms with E-state index in [2.05, 4.69) is 10.6 Å². The van der Waals surface area contributed by atoms with Crippen LogP contribution in [0.15, 0.2) is 0 Å². The third-order valence-corrected chi connectivity index (χ3v) is 2.28. The Balaban J connectivity index is 3.71. The summed E-state index contributed by atoms with van der Waals surface area (Å²) in [6.07, 6.45) is 2.60. The first-order valence-corrected chi connectivity index (χ1v) is 5.67. The van der Waals surface area contributed by atoms with Crippen LogP contribution in [0.25, 0.3) is 0 Å². The van der Waals surface area contributed by atoms with Gasteiger partial charge in [-0.15, -0.1) is 0 Å². The van der Waals surface area contributed by atoms with Gasteiger partial charge in [-0.05, 0) is 19.7 Å². The van der Waals surface area contributed by atoms with Gasteiger partial charge in [0.2, 0.25) is 5.91 Å². The number of rotatable bonds is 7. The average Bonchev–Trinajstić information content (AvgIpc) is 2.05. The van der Waals surface area contributed by atoms with Crippen molar-refractivity contribution in [2.24, 2.45) is 0 Å². The fourth-order valence-corrected chi connectivity index (χ4v) is 1.65. The molecule has 1 unspecified atom stereocenters. The third kappa shape index (κ3) is 6.86. The fraction of sp³-hybridized carbons (Fsp3) is 0.875. The van der Waals surface area contributed by atoms with Gasteiger partial charge in [-0.2, -0.15) is 11.8 Å². The Morgan fingerprint density at radius 1 is 1.62 bits per heavy atom. The molecule has 0 spiro atoms. The molecule has 1 amide bonds. The van der Waals surface area contributed by atoms with Gasteiger partial charge in [0.15, 0.2) is 0 Å². The smallest absolute Gasteiger partial charge is 0.234 e. The molecule has 0 aromatic heterocycles. The first-order chi connectivity index (χ1) is 6.24. The lowest BCUT2D eigenvalue weighted by atomic mass is 10.2. The van der Waals surface area contributed by atoms with Crippen LogP contribution in [-0.4, -0.2) is 49.3 Å². The molecule has 0 aromatic rings. The summed E-state index contributed by atoms with van der Waals surface area (Å²) in [4.78, 5) is 11.1. The number of thioether (sulfide) groups is 1. The summed E-state index contributed by atoms with van der Waals surface area (Å²) in [5.41, 5.74) is 0. The van der Waals surface area contributed by atoms with E-state index in [4.69, 9.17) is 5.11 Å². The molecule has 5 heteroatoms. The quantitative estimate of drug-likeness (QED) is 0.522. The van der Waals surface area contributed by atoms with Crippen molar-refractivity contribution in [2.75, 3.05) is 32.2 Å². The molecule has 0 rings (SSSR count). The predicted octanol–water partition coefficient (Wildman–Crippen LogP) is -0.564. The maximum atomic E-state index is 11.1. The second-order valence-electron chi connectivity index (χ2n) is 2.76. The zero-order valence-electron chi connectivity index (χ0n) is 8.17. The van der Waals surface area contributed by atoms with Crippen LogP contribution in [0.4, 0.5) is 0 Å². The van der Waals surface area contributed by atoms with Gasteiger partial charge in [-0.25, -0.2) is 0 Å². The first kappa shape index (κ1) is 12.7. The van der Waals surface area contributed by atoms with Crippen LogP contribution in [0.1, 0.15) is 6.42 Å². The highest BCUT2D eigenvalue weighted by atomic mass is 32.2. The molecule has 3 N–H and O–H groups in total. The summed E-state index contributed by atoms with van der Waals surface area (Å²) in [5, 5.41) is 14.3. The van der Waals surface area contributed by atoms with Crippen molar-refractivity contribution in [3.05, 3.63) is 0 Å². The summed E-state index contributed by atoms with van der Waals surface area (Å²) >= 11 is 1.66. The van der Waals surface area contributed by atoms with Gasteiger partial charge in [-0.1, -0.05) is 0 Å². The van der Waals surface area contributed by atoms with E-state index in [9.17, 15) is 4.79 Å². The van der Waals surface area contributed by atoms with Crippen molar-refractivity contribution in [3.8, 4) is 0 Å². The van der Waals surface area contributed by atoms with Crippen molar-refractivity contribution < 1.29 is 9.90 Å². The van der Waals surface area contributed by atoms with Gasteiger partial charge in [-0.3, -0.25) is 4.79 Å². The number of aliphatic hydroxyl groups is 1. The highest BCUT2D eigenvalue weighted by Gasteiger charge is 2.09. The normalized spacial score (nSPS) is 12.5. The minimum atomic E-state index is -0.0185. The zero-order chi connectivity index (χ0) is 10.1. The molecule has 0 aromatic carbocycles. The fourth-order valence-electron chi connectivity index (χ4n) is 0.993. The van der Waals surface area contributed by atoms with E-state index in [1.54, 1.807) is 18.8 Å². The van der Waals surface area contributed by atoms with Crippen LogP contribution in [0.5, 0.6) is 0 Å². The minimum Gasteiger partial charge on any atom is -0.396 e. The van der Waals surface area contributed by atoms with Crippen LogP contribution >= 0.6 is 11.8 Å². The molecule has 0 saturated carbocycles. The second-order valence-corrected chi connectivity index (χ2v) is 3.67. The van der Waals surface area contributed by atoms with E-state index in [0.29, 0.717) is 13.0 Å². The molecule has 0 bridgehead atoms. The van der Waals surface area contributed by atoms with Gasteiger partial charge < -0.3 is 15.7 Å². The number of amides is 1. The van der Waals surface area contributed by atoms with Crippen molar-refractivity contribution in [3.63, 3.8) is 0 Å². The Kier molecular flexibility index (Phi) is 8.18. The van der Waals surface area contributed by atoms with Crippen LogP contribution in [0, 0.1) is 0 Å². The summed E-state index contributed by atoms with van der Waals surface area (Å²) in [6.45, 7) is 0.446. The number of hydrogen-bond donors (Lipinski definition) is 3. The molecule has 78 valence electrons. The lowest BCUT2D eigenvalue weighted by molar-refractivity contribution is -0.120. The van der Waals surface area contributed by atoms with E-state index in [1.165, 1.54) is 0 Å². The number of carbonyl (C=O) groups is 1. The van der Waals surface area contributed by atoms with E-state index >= 15 is 0 Å². The van der Waals surface area contributed by atoms with Gasteiger partial charge in [0, 0.05) is 18.4 Å². The van der Waals surface area contributed by atoms with Gasteiger partial charge in [0.05, 0.1) is 6.54 Å². The largest absolute Gasteiger partial charge is 0.396 e. The number of likely N-dealkylation sites (N-methyl/N-ethyl adjacent to an activating group) is 1. The molecule has 0 fully saturated rings. The average molecular weight is 206 g/mol. The molecule has 0 aliphatic carbocycles. The number of aliphatic hydroxyl groups excluding tert-OH is 1. The Hall–Kier alpha value is -0.260. The lowest BCUT2D eigenvalue weighted by Crippen LogP contribution is -2.41. The van der Waals surface area contributed by atoms with Crippen molar-refractivity contribution in [1.82, 2.24) is 10.6 Å². The highest BCUT2D eigenvalue weighted by molar-refractivity contribution is 7.98. The molecular formula is C8H18N2O2S. The summed E-state index contributed by atoms with van der Waals surface area (Å²) < 4.78 is 0. The lowest BCUT2D eigenvalue weighted by Gasteiger charge is -2.16. The number of nitrogens with one attached hydrogen (secondary N) is 2. The molecule has 0 radical (unpaired) electrons. The van der Waals surface area contributed by atoms with Crippen LogP contribution in [-0.2, 0) is 4.79 Å². The monoisotopic (exact) mass is 206 g/mol. The zero-order valence-corrected chi connectivity index (χ0v) is 8.99. The second kappa shape index (κ2) is 8.34. The number of hydrogen-bond acceptors (Lipinski definition) is 4. The molecule has 4 nitrogen and oxygen atoms in total. The van der Waals surface area contributed by atoms with E-state index in [0.717, 1.165) is 5.75 Å². The maximum Gasteiger partial charge on any atom is 0.234 e. The molecule has 0 aliphatic rings. The Morgan fingerprint density at radius 3 is 2.77 bits per heavy atom.